The number of Topliss-reactive ketones (excluding diaryl/α,β-unsaturated/α-hetero) is 1. The molecule has 3 heterocycles. The lowest BCUT2D eigenvalue weighted by Crippen LogP contribution is -2.42. The zero-order valence-corrected chi connectivity index (χ0v) is 24.1. The van der Waals surface area contributed by atoms with Gasteiger partial charge in [0.25, 0.3) is 0 Å². The highest BCUT2D eigenvalue weighted by atomic mass is 32.2. The molecule has 0 amide bonds. The van der Waals surface area contributed by atoms with Crippen molar-refractivity contribution >= 4 is 57.1 Å². The van der Waals surface area contributed by atoms with Crippen LogP contribution in [0.4, 0.5) is 5.13 Å². The Kier molecular flexibility index (Phi) is 7.50. The normalized spacial score (nSPS) is 19.2. The fourth-order valence-corrected chi connectivity index (χ4v) is 8.78. The Morgan fingerprint density at radius 3 is 2.70 bits per heavy atom. The summed E-state index contributed by atoms with van der Waals surface area (Å²) in [6.45, 7) is 6.31. The van der Waals surface area contributed by atoms with Gasteiger partial charge in [0.2, 0.25) is 5.13 Å². The monoisotopic (exact) mass is 565 g/mol. The van der Waals surface area contributed by atoms with Crippen LogP contribution in [0.1, 0.15) is 50.7 Å². The zero-order chi connectivity index (χ0) is 26.2. The lowest BCUT2D eigenvalue weighted by molar-refractivity contribution is -0.118. The molecule has 2 aromatic heterocycles. The van der Waals surface area contributed by atoms with Crippen molar-refractivity contribution in [3.8, 4) is 6.07 Å². The van der Waals surface area contributed by atoms with Crippen LogP contribution < -0.4 is 10.6 Å². The van der Waals surface area contributed by atoms with Gasteiger partial charge in [-0.25, -0.2) is 0 Å². The number of nitriles is 1. The van der Waals surface area contributed by atoms with Crippen LogP contribution in [0.3, 0.4) is 0 Å². The first kappa shape index (κ1) is 26.0. The summed E-state index contributed by atoms with van der Waals surface area (Å²) < 4.78 is 1.94. The van der Waals surface area contributed by atoms with Crippen molar-refractivity contribution in [1.82, 2.24) is 10.2 Å². The van der Waals surface area contributed by atoms with Gasteiger partial charge in [0.05, 0.1) is 21.8 Å². The quantitative estimate of drug-likeness (QED) is 0.308. The van der Waals surface area contributed by atoms with E-state index in [4.69, 9.17) is 5.73 Å². The number of carbonyl (C=O) groups excluding carboxylic acids is 1. The molecule has 2 N–H and O–H groups in total. The number of nitrogens with zero attached hydrogens (tertiary/aromatic N) is 4. The third-order valence-corrected chi connectivity index (χ3v) is 10.7. The molecule has 1 aliphatic heterocycles. The smallest absolute Gasteiger partial charge is 0.219 e. The van der Waals surface area contributed by atoms with Crippen molar-refractivity contribution in [2.24, 2.45) is 11.1 Å². The second-order valence-electron chi connectivity index (χ2n) is 9.70. The standard InChI is InChI=1S/C27H27N5OS4/c1-4-34-24-17(10-11-35-24)21-18(14-28)23(29)32(19-12-27(2,3)13-20(33)22(19)21)25-30-31-26(37-25)36-15-16-8-6-5-7-9-16/h5-11,21H,4,12-13,15,29H2,1-3H3. The van der Waals surface area contributed by atoms with E-state index in [1.165, 1.54) is 16.9 Å². The van der Waals surface area contributed by atoms with Gasteiger partial charge >= 0.3 is 0 Å². The molecule has 10 heteroatoms. The Balaban J connectivity index is 1.58. The van der Waals surface area contributed by atoms with E-state index < -0.39 is 5.92 Å². The summed E-state index contributed by atoms with van der Waals surface area (Å²) in [5.41, 5.74) is 10.7. The van der Waals surface area contributed by atoms with Crippen molar-refractivity contribution in [2.45, 2.75) is 53.8 Å². The van der Waals surface area contributed by atoms with Crippen molar-refractivity contribution < 1.29 is 4.79 Å². The van der Waals surface area contributed by atoms with E-state index in [1.54, 1.807) is 34.9 Å². The zero-order valence-electron chi connectivity index (χ0n) is 20.9. The number of hydrogen-bond acceptors (Lipinski definition) is 10. The van der Waals surface area contributed by atoms with Crippen LogP contribution in [0.5, 0.6) is 0 Å². The number of aromatic nitrogens is 2. The second kappa shape index (κ2) is 10.7. The highest BCUT2D eigenvalue weighted by molar-refractivity contribution is 8.01. The molecule has 37 heavy (non-hydrogen) atoms. The molecule has 0 saturated carbocycles. The highest BCUT2D eigenvalue weighted by Crippen LogP contribution is 2.52. The molecule has 2 aliphatic rings. The first-order valence-electron chi connectivity index (χ1n) is 12.0. The number of carbonyl (C=O) groups is 1. The van der Waals surface area contributed by atoms with Crippen molar-refractivity contribution in [1.29, 1.82) is 5.26 Å². The number of rotatable bonds is 7. The number of hydrogen-bond donors (Lipinski definition) is 1. The maximum Gasteiger partial charge on any atom is 0.219 e. The molecule has 190 valence electrons. The molecule has 0 bridgehead atoms. The Morgan fingerprint density at radius 2 is 1.97 bits per heavy atom. The van der Waals surface area contributed by atoms with Crippen LogP contribution in [0.25, 0.3) is 0 Å². The molecular weight excluding hydrogens is 539 g/mol. The SMILES string of the molecule is CCSc1sccc1C1C(C#N)=C(N)N(c2nnc(SCc3ccccc3)s2)C2=C1C(=O)CC(C)(C)C2. The maximum atomic E-state index is 13.7. The molecule has 0 saturated heterocycles. The van der Waals surface area contributed by atoms with E-state index >= 15 is 0 Å². The molecule has 6 nitrogen and oxygen atoms in total. The molecule has 3 aromatic rings. The Labute approximate surface area is 233 Å². The largest absolute Gasteiger partial charge is 0.384 e. The molecule has 0 radical (unpaired) electrons. The maximum absolute atomic E-state index is 13.7. The average Bonchev–Trinajstić information content (AvgIpc) is 3.52. The van der Waals surface area contributed by atoms with Crippen LogP contribution in [-0.2, 0) is 10.5 Å². The number of ketones is 1. The third-order valence-electron chi connectivity index (χ3n) is 6.42. The van der Waals surface area contributed by atoms with Crippen LogP contribution in [0, 0.1) is 16.7 Å². The lowest BCUT2D eigenvalue weighted by atomic mass is 9.69. The molecule has 5 rings (SSSR count). The molecule has 1 unspecified atom stereocenters. The van der Waals surface area contributed by atoms with E-state index in [0.717, 1.165) is 31.3 Å². The van der Waals surface area contributed by atoms with Gasteiger partial charge in [0.1, 0.15) is 5.82 Å². The summed E-state index contributed by atoms with van der Waals surface area (Å²) in [6, 6.07) is 14.6. The summed E-state index contributed by atoms with van der Waals surface area (Å²) in [5.74, 6) is 1.64. The van der Waals surface area contributed by atoms with Gasteiger partial charge in [0.15, 0.2) is 10.1 Å². The summed E-state index contributed by atoms with van der Waals surface area (Å²) >= 11 is 6.43. The highest BCUT2D eigenvalue weighted by Gasteiger charge is 2.46. The predicted octanol–water partition coefficient (Wildman–Crippen LogP) is 6.94. The van der Waals surface area contributed by atoms with Crippen molar-refractivity contribution in [3.63, 3.8) is 0 Å². The summed E-state index contributed by atoms with van der Waals surface area (Å²) in [5, 5.41) is 21.8. The minimum Gasteiger partial charge on any atom is -0.384 e. The Morgan fingerprint density at radius 1 is 1.19 bits per heavy atom. The number of allylic oxidation sites excluding steroid dienone is 3. The molecule has 0 spiro atoms. The fourth-order valence-electron chi connectivity index (χ4n) is 4.88. The van der Waals surface area contributed by atoms with Crippen molar-refractivity contribution in [3.05, 3.63) is 75.6 Å². The average molecular weight is 566 g/mol. The molecule has 1 aliphatic carbocycles. The minimum absolute atomic E-state index is 0.0725. The second-order valence-corrected chi connectivity index (χ2v) is 14.3. The number of thiophene rings is 1. The van der Waals surface area contributed by atoms with E-state index in [0.29, 0.717) is 34.9 Å². The first-order chi connectivity index (χ1) is 17.8. The number of thioether (sulfide) groups is 2. The molecular formula is C27H27N5OS4. The van der Waals surface area contributed by atoms with E-state index in [-0.39, 0.29) is 11.2 Å². The number of benzene rings is 1. The van der Waals surface area contributed by atoms with Crippen LogP contribution in [-0.4, -0.2) is 21.7 Å². The van der Waals surface area contributed by atoms with Gasteiger partial charge in [-0.05, 0) is 40.2 Å². The van der Waals surface area contributed by atoms with Crippen molar-refractivity contribution in [2.75, 3.05) is 10.7 Å². The number of nitrogens with two attached hydrogens (primary N) is 1. The topological polar surface area (TPSA) is 95.9 Å². The lowest BCUT2D eigenvalue weighted by Gasteiger charge is -2.42. The molecule has 1 atom stereocenters. The van der Waals surface area contributed by atoms with E-state index in [9.17, 15) is 10.1 Å². The predicted molar refractivity (Wildman–Crippen MR) is 154 cm³/mol. The van der Waals surface area contributed by atoms with Crippen LogP contribution >= 0.6 is 46.2 Å². The first-order valence-corrected chi connectivity index (χ1v) is 15.7. The van der Waals surface area contributed by atoms with Gasteiger partial charge in [-0.1, -0.05) is 74.2 Å². The minimum atomic E-state index is -0.458. The number of anilines is 1. The summed E-state index contributed by atoms with van der Waals surface area (Å²) in [4.78, 5) is 15.6. The van der Waals surface area contributed by atoms with Crippen LogP contribution in [0.15, 0.2) is 73.0 Å². The van der Waals surface area contributed by atoms with Gasteiger partial charge in [-0.15, -0.1) is 33.3 Å². The fraction of sp³-hybridized carbons (Fsp3) is 0.333. The van der Waals surface area contributed by atoms with Gasteiger partial charge < -0.3 is 5.73 Å². The molecule has 1 aromatic carbocycles. The third kappa shape index (κ3) is 5.10. The Bertz CT molecular complexity index is 1430. The van der Waals surface area contributed by atoms with Gasteiger partial charge in [-0.2, -0.15) is 5.26 Å². The summed E-state index contributed by atoms with van der Waals surface area (Å²) in [6.07, 6.45) is 1.10. The summed E-state index contributed by atoms with van der Waals surface area (Å²) in [7, 11) is 0. The van der Waals surface area contributed by atoms with E-state index in [2.05, 4.69) is 49.2 Å². The Hall–Kier alpha value is -2.58. The van der Waals surface area contributed by atoms with Gasteiger partial charge in [-0.3, -0.25) is 9.69 Å². The van der Waals surface area contributed by atoms with Gasteiger partial charge in [0, 0.05) is 23.4 Å². The van der Waals surface area contributed by atoms with Crippen LogP contribution in [0.2, 0.25) is 0 Å². The molecule has 0 fully saturated rings. The van der Waals surface area contributed by atoms with E-state index in [1.807, 2.05) is 34.5 Å².